The number of piperidine rings is 1. The molecule has 6 nitrogen and oxygen atoms in total. The number of carbonyl (C=O) groups is 2. The van der Waals surface area contributed by atoms with Crippen LogP contribution in [0.5, 0.6) is 0 Å². The van der Waals surface area contributed by atoms with Crippen LogP contribution in [0, 0.1) is 22.6 Å². The number of hydrogen-bond donors (Lipinski definition) is 4. The zero-order valence-electron chi connectivity index (χ0n) is 17.3. The number of carboxylic acid groups (broad SMARTS) is 2. The van der Waals surface area contributed by atoms with Gasteiger partial charge >= 0.3 is 18.1 Å². The first-order valence-electron chi connectivity index (χ1n) is 9.58. The zero-order valence-corrected chi connectivity index (χ0v) is 18.1. The summed E-state index contributed by atoms with van der Waals surface area (Å²) >= 11 is 5.75. The molecular weight excluding hydrogens is 465 g/mol. The number of aliphatic hydroxyl groups is 1. The molecule has 1 aliphatic heterocycles. The van der Waals surface area contributed by atoms with Crippen LogP contribution in [-0.4, -0.2) is 52.6 Å². The molecule has 1 aromatic rings. The Kier molecular flexibility index (Phi) is 7.19. The molecule has 0 radical (unpaired) electrons. The van der Waals surface area contributed by atoms with Gasteiger partial charge in [0.2, 0.25) is 0 Å². The molecule has 5 unspecified atom stereocenters. The summed E-state index contributed by atoms with van der Waals surface area (Å²) in [6.45, 7) is 1.02. The molecule has 1 heterocycles. The van der Waals surface area contributed by atoms with E-state index in [9.17, 15) is 42.5 Å². The van der Waals surface area contributed by atoms with Gasteiger partial charge in [0.1, 0.15) is 12.5 Å². The second-order valence-electron chi connectivity index (χ2n) is 8.34. The van der Waals surface area contributed by atoms with Crippen molar-refractivity contribution in [3.05, 3.63) is 34.1 Å². The largest absolute Gasteiger partial charge is 0.481 e. The highest BCUT2D eigenvalue weighted by Gasteiger charge is 2.69. The number of aliphatic carboxylic acids is 2. The van der Waals surface area contributed by atoms with Crippen molar-refractivity contribution in [2.24, 2.45) is 16.7 Å². The average molecular weight is 488 g/mol. The van der Waals surface area contributed by atoms with Crippen molar-refractivity contribution in [3.8, 4) is 0 Å². The molecule has 1 aromatic carbocycles. The number of nitrogens with one attached hydrogen (secondary N) is 1. The van der Waals surface area contributed by atoms with Crippen molar-refractivity contribution >= 4 is 23.5 Å². The average Bonchev–Trinajstić information content (AvgIpc) is 2.67. The highest BCUT2D eigenvalue weighted by molar-refractivity contribution is 6.31. The second kappa shape index (κ2) is 8.75. The molecule has 0 spiro atoms. The van der Waals surface area contributed by atoms with Crippen LogP contribution in [0.2, 0.25) is 5.02 Å². The predicted octanol–water partition coefficient (Wildman–Crippen LogP) is 3.70. The molecule has 180 valence electrons. The Labute approximate surface area is 185 Å². The number of benzene rings is 1. The summed E-state index contributed by atoms with van der Waals surface area (Å²) in [4.78, 5) is 25.1. The summed E-state index contributed by atoms with van der Waals surface area (Å²) in [5.41, 5.74) is -8.09. The lowest BCUT2D eigenvalue weighted by Crippen LogP contribution is -2.73. The van der Waals surface area contributed by atoms with E-state index < -0.39 is 88.1 Å². The standard InChI is InChI=1S/C20H23ClF5NO5/c1-8(2)19(17(31)32)12(7-28)27-11(6-22)18(3,16(29)30)15(19)13-10(23)5-4-9(21)14(13)20(24,25)26/h4-5,8,11-12,15,27-28H,6-7H2,1-3H3,(H,29,30)(H,31,32). The molecule has 4 N–H and O–H groups in total. The summed E-state index contributed by atoms with van der Waals surface area (Å²) in [7, 11) is 0. The van der Waals surface area contributed by atoms with Gasteiger partial charge < -0.3 is 20.6 Å². The third kappa shape index (κ3) is 3.63. The topological polar surface area (TPSA) is 107 Å². The highest BCUT2D eigenvalue weighted by Crippen LogP contribution is 2.61. The molecular formula is C20H23ClF5NO5. The van der Waals surface area contributed by atoms with Crippen LogP contribution in [0.25, 0.3) is 0 Å². The fourth-order valence-corrected chi connectivity index (χ4v) is 5.34. The van der Waals surface area contributed by atoms with E-state index in [4.69, 9.17) is 11.6 Å². The number of halogens is 6. The van der Waals surface area contributed by atoms with Gasteiger partial charge in [-0.3, -0.25) is 9.59 Å². The molecule has 0 aliphatic carbocycles. The third-order valence-electron chi connectivity index (χ3n) is 6.62. The molecule has 5 atom stereocenters. The molecule has 1 aliphatic rings. The lowest BCUT2D eigenvalue weighted by Gasteiger charge is -2.58. The van der Waals surface area contributed by atoms with Crippen molar-refractivity contribution in [2.45, 2.75) is 44.9 Å². The van der Waals surface area contributed by atoms with Crippen molar-refractivity contribution < 1.29 is 46.9 Å². The minimum absolute atomic E-state index is 0.572. The molecule has 1 saturated heterocycles. The van der Waals surface area contributed by atoms with Crippen LogP contribution < -0.4 is 5.32 Å². The van der Waals surface area contributed by atoms with Crippen molar-refractivity contribution in [3.63, 3.8) is 0 Å². The van der Waals surface area contributed by atoms with Gasteiger partial charge in [-0.05, 0) is 25.0 Å². The minimum Gasteiger partial charge on any atom is -0.481 e. The summed E-state index contributed by atoms with van der Waals surface area (Å²) < 4.78 is 71.2. The van der Waals surface area contributed by atoms with E-state index in [1.54, 1.807) is 0 Å². The lowest BCUT2D eigenvalue weighted by atomic mass is 9.48. The van der Waals surface area contributed by atoms with Crippen molar-refractivity contribution in [1.82, 2.24) is 5.32 Å². The van der Waals surface area contributed by atoms with E-state index in [1.165, 1.54) is 13.8 Å². The zero-order chi connectivity index (χ0) is 24.8. The molecule has 0 aromatic heterocycles. The Morgan fingerprint density at radius 2 is 1.75 bits per heavy atom. The van der Waals surface area contributed by atoms with Gasteiger partial charge in [0.25, 0.3) is 0 Å². The Balaban J connectivity index is 3.19. The SMILES string of the molecule is CC(C)C1(C(=O)O)C(CO)NC(CF)C(C)(C(=O)O)C1c1c(F)ccc(Cl)c1C(F)(F)F. The van der Waals surface area contributed by atoms with Gasteiger partial charge in [0, 0.05) is 17.5 Å². The van der Waals surface area contributed by atoms with Gasteiger partial charge in [-0.1, -0.05) is 25.4 Å². The Bertz CT molecular complexity index is 911. The van der Waals surface area contributed by atoms with E-state index in [2.05, 4.69) is 5.32 Å². The Morgan fingerprint density at radius 3 is 2.12 bits per heavy atom. The molecule has 1 fully saturated rings. The fourth-order valence-electron chi connectivity index (χ4n) is 5.07. The van der Waals surface area contributed by atoms with Crippen LogP contribution in [-0.2, 0) is 15.8 Å². The molecule has 32 heavy (non-hydrogen) atoms. The molecule has 0 amide bonds. The van der Waals surface area contributed by atoms with Crippen molar-refractivity contribution in [1.29, 1.82) is 0 Å². The second-order valence-corrected chi connectivity index (χ2v) is 8.75. The van der Waals surface area contributed by atoms with Gasteiger partial charge in [-0.25, -0.2) is 8.78 Å². The predicted molar refractivity (Wildman–Crippen MR) is 104 cm³/mol. The number of alkyl halides is 4. The molecule has 0 bridgehead atoms. The van der Waals surface area contributed by atoms with Gasteiger partial charge in [-0.15, -0.1) is 0 Å². The van der Waals surface area contributed by atoms with Crippen LogP contribution in [0.15, 0.2) is 12.1 Å². The number of aliphatic hydroxyl groups excluding tert-OH is 1. The number of rotatable bonds is 6. The van der Waals surface area contributed by atoms with E-state index in [0.717, 1.165) is 6.92 Å². The first-order valence-corrected chi connectivity index (χ1v) is 9.95. The monoisotopic (exact) mass is 487 g/mol. The van der Waals surface area contributed by atoms with E-state index in [1.807, 2.05) is 0 Å². The van der Waals surface area contributed by atoms with Gasteiger partial charge in [0.15, 0.2) is 0 Å². The highest BCUT2D eigenvalue weighted by atomic mass is 35.5. The summed E-state index contributed by atoms with van der Waals surface area (Å²) in [5, 5.41) is 31.7. The first-order chi connectivity index (χ1) is 14.6. The fraction of sp³-hybridized carbons (Fsp3) is 0.600. The van der Waals surface area contributed by atoms with Crippen LogP contribution >= 0.6 is 11.6 Å². The number of hydrogen-bond acceptors (Lipinski definition) is 4. The maximum absolute atomic E-state index is 15.2. The Morgan fingerprint density at radius 1 is 1.19 bits per heavy atom. The molecule has 0 saturated carbocycles. The maximum atomic E-state index is 15.2. The van der Waals surface area contributed by atoms with E-state index in [-0.39, 0.29) is 0 Å². The summed E-state index contributed by atoms with van der Waals surface area (Å²) in [5.74, 6) is -8.55. The third-order valence-corrected chi connectivity index (χ3v) is 6.93. The van der Waals surface area contributed by atoms with Crippen LogP contribution in [0.4, 0.5) is 22.0 Å². The summed E-state index contributed by atoms with van der Waals surface area (Å²) in [6.07, 6.45) is -5.29. The minimum atomic E-state index is -5.29. The van der Waals surface area contributed by atoms with Crippen LogP contribution in [0.1, 0.15) is 37.8 Å². The van der Waals surface area contributed by atoms with Crippen molar-refractivity contribution in [2.75, 3.05) is 13.3 Å². The molecule has 12 heteroatoms. The van der Waals surface area contributed by atoms with Gasteiger partial charge in [-0.2, -0.15) is 13.2 Å². The van der Waals surface area contributed by atoms with E-state index >= 15 is 4.39 Å². The molecule has 2 rings (SSSR count). The summed E-state index contributed by atoms with van der Waals surface area (Å²) in [6, 6.07) is -2.15. The lowest BCUT2D eigenvalue weighted by molar-refractivity contribution is -0.181. The number of carboxylic acids is 2. The smallest absolute Gasteiger partial charge is 0.418 e. The Hall–Kier alpha value is -1.98. The van der Waals surface area contributed by atoms with Gasteiger partial charge in [0.05, 0.1) is 34.1 Å². The van der Waals surface area contributed by atoms with Crippen LogP contribution in [0.3, 0.4) is 0 Å². The quantitative estimate of drug-likeness (QED) is 0.456. The maximum Gasteiger partial charge on any atom is 0.418 e. The normalized spacial score (nSPS) is 31.0. The first kappa shape index (κ1) is 26.3. The van der Waals surface area contributed by atoms with E-state index in [0.29, 0.717) is 12.1 Å².